The van der Waals surface area contributed by atoms with Crippen molar-refractivity contribution in [3.63, 3.8) is 0 Å². The summed E-state index contributed by atoms with van der Waals surface area (Å²) in [6.07, 6.45) is 6.43. The van der Waals surface area contributed by atoms with E-state index in [4.69, 9.17) is 5.73 Å². The molecule has 1 saturated heterocycles. The molecule has 1 atom stereocenters. The monoisotopic (exact) mass is 295 g/mol. The van der Waals surface area contributed by atoms with E-state index < -0.39 is 0 Å². The van der Waals surface area contributed by atoms with E-state index in [0.29, 0.717) is 12.5 Å². The van der Waals surface area contributed by atoms with Crippen LogP contribution in [-0.2, 0) is 9.59 Å². The third kappa shape index (κ3) is 4.43. The van der Waals surface area contributed by atoms with Crippen molar-refractivity contribution in [1.82, 2.24) is 10.2 Å². The van der Waals surface area contributed by atoms with Crippen molar-refractivity contribution in [3.05, 3.63) is 0 Å². The van der Waals surface area contributed by atoms with Crippen molar-refractivity contribution in [3.8, 4) is 0 Å². The molecule has 1 aliphatic carbocycles. The van der Waals surface area contributed by atoms with Gasteiger partial charge in [-0.15, -0.1) is 0 Å². The number of rotatable bonds is 5. The minimum atomic E-state index is 0.0292. The van der Waals surface area contributed by atoms with Gasteiger partial charge in [0.2, 0.25) is 11.8 Å². The van der Waals surface area contributed by atoms with Crippen LogP contribution in [0.1, 0.15) is 45.4 Å². The number of nitrogens with zero attached hydrogens (tertiary/aromatic N) is 1. The van der Waals surface area contributed by atoms with Crippen LogP contribution in [0.25, 0.3) is 0 Å². The van der Waals surface area contributed by atoms with Crippen LogP contribution >= 0.6 is 0 Å². The lowest BCUT2D eigenvalue weighted by molar-refractivity contribution is -0.133. The second-order valence-electron chi connectivity index (χ2n) is 6.57. The Morgan fingerprint density at radius 3 is 2.43 bits per heavy atom. The molecule has 1 saturated carbocycles. The van der Waals surface area contributed by atoms with Gasteiger partial charge in [-0.3, -0.25) is 9.59 Å². The molecule has 2 rings (SSSR count). The van der Waals surface area contributed by atoms with Gasteiger partial charge in [-0.1, -0.05) is 13.3 Å². The van der Waals surface area contributed by atoms with Crippen molar-refractivity contribution >= 4 is 11.8 Å². The van der Waals surface area contributed by atoms with Gasteiger partial charge in [-0.2, -0.15) is 0 Å². The molecule has 0 bridgehead atoms. The highest BCUT2D eigenvalue weighted by Crippen LogP contribution is 2.30. The molecule has 120 valence electrons. The summed E-state index contributed by atoms with van der Waals surface area (Å²) in [6.45, 7) is 4.51. The number of nitrogens with one attached hydrogen (secondary N) is 1. The summed E-state index contributed by atoms with van der Waals surface area (Å²) in [4.78, 5) is 26.0. The number of hydrogen-bond acceptors (Lipinski definition) is 3. The lowest BCUT2D eigenvalue weighted by Crippen LogP contribution is -2.42. The summed E-state index contributed by atoms with van der Waals surface area (Å²) in [7, 11) is 0. The maximum atomic E-state index is 12.1. The molecule has 2 fully saturated rings. The lowest BCUT2D eigenvalue weighted by atomic mass is 9.80. The molecule has 1 heterocycles. The van der Waals surface area contributed by atoms with Crippen LogP contribution in [0.15, 0.2) is 0 Å². The molecule has 0 unspecified atom stereocenters. The number of hydrogen-bond donors (Lipinski definition) is 2. The summed E-state index contributed by atoms with van der Waals surface area (Å²) >= 11 is 0. The topological polar surface area (TPSA) is 75.4 Å². The standard InChI is InChI=1S/C16H29N3O2/c1-2-12-3-5-14(6-4-12)16(21)18-10-15(20)19-8-7-13(9-17)11-19/h12-14H,2-11,17H2,1H3,(H,18,21)/t12?,13-,14?/m0/s1. The van der Waals surface area contributed by atoms with Gasteiger partial charge in [0.05, 0.1) is 6.54 Å². The van der Waals surface area contributed by atoms with Gasteiger partial charge < -0.3 is 16.0 Å². The van der Waals surface area contributed by atoms with Crippen molar-refractivity contribution in [2.75, 3.05) is 26.2 Å². The van der Waals surface area contributed by atoms with E-state index in [1.807, 2.05) is 4.90 Å². The van der Waals surface area contributed by atoms with Crippen molar-refractivity contribution in [2.24, 2.45) is 23.5 Å². The number of nitrogens with two attached hydrogens (primary N) is 1. The molecule has 2 amide bonds. The summed E-state index contributed by atoms with van der Waals surface area (Å²) in [5, 5.41) is 2.83. The third-order valence-electron chi connectivity index (χ3n) is 5.18. The zero-order chi connectivity index (χ0) is 15.2. The van der Waals surface area contributed by atoms with Gasteiger partial charge in [-0.05, 0) is 50.5 Å². The Labute approximate surface area is 127 Å². The molecule has 5 heteroatoms. The van der Waals surface area contributed by atoms with Crippen LogP contribution in [0.2, 0.25) is 0 Å². The quantitative estimate of drug-likeness (QED) is 0.798. The maximum Gasteiger partial charge on any atom is 0.241 e. The highest BCUT2D eigenvalue weighted by Gasteiger charge is 2.28. The average molecular weight is 295 g/mol. The Morgan fingerprint density at radius 2 is 1.86 bits per heavy atom. The van der Waals surface area contributed by atoms with Crippen molar-refractivity contribution in [2.45, 2.75) is 45.4 Å². The fraction of sp³-hybridized carbons (Fsp3) is 0.875. The van der Waals surface area contributed by atoms with Crippen molar-refractivity contribution in [1.29, 1.82) is 0 Å². The summed E-state index contributed by atoms with van der Waals surface area (Å²) in [5.74, 6) is 1.41. The minimum absolute atomic E-state index is 0.0292. The molecule has 0 aromatic rings. The van der Waals surface area contributed by atoms with Gasteiger partial charge in [0.25, 0.3) is 0 Å². The van der Waals surface area contributed by atoms with E-state index in [-0.39, 0.29) is 24.3 Å². The zero-order valence-electron chi connectivity index (χ0n) is 13.1. The number of carbonyl (C=O) groups is 2. The Morgan fingerprint density at radius 1 is 1.14 bits per heavy atom. The number of amides is 2. The average Bonchev–Trinajstić information content (AvgIpc) is 3.01. The Kier molecular flexibility index (Phi) is 6.03. The number of carbonyl (C=O) groups excluding carboxylic acids is 2. The summed E-state index contributed by atoms with van der Waals surface area (Å²) in [6, 6.07) is 0. The Balaban J connectivity index is 1.68. The van der Waals surface area contributed by atoms with Gasteiger partial charge in [-0.25, -0.2) is 0 Å². The van der Waals surface area contributed by atoms with Gasteiger partial charge in [0, 0.05) is 19.0 Å². The predicted molar refractivity (Wildman–Crippen MR) is 82.5 cm³/mol. The highest BCUT2D eigenvalue weighted by molar-refractivity contribution is 5.86. The Bertz CT molecular complexity index is 365. The molecular weight excluding hydrogens is 266 g/mol. The van der Waals surface area contributed by atoms with Crippen LogP contribution in [-0.4, -0.2) is 42.9 Å². The van der Waals surface area contributed by atoms with Crippen LogP contribution in [0.5, 0.6) is 0 Å². The molecule has 3 N–H and O–H groups in total. The van der Waals surface area contributed by atoms with Crippen LogP contribution in [0.4, 0.5) is 0 Å². The van der Waals surface area contributed by atoms with Crippen LogP contribution in [0, 0.1) is 17.8 Å². The molecule has 0 aromatic carbocycles. The fourth-order valence-corrected chi connectivity index (χ4v) is 3.50. The molecule has 1 aliphatic heterocycles. The molecule has 0 radical (unpaired) electrons. The van der Waals surface area contributed by atoms with Gasteiger partial charge in [0.1, 0.15) is 0 Å². The minimum Gasteiger partial charge on any atom is -0.347 e. The largest absolute Gasteiger partial charge is 0.347 e. The van der Waals surface area contributed by atoms with Crippen molar-refractivity contribution < 1.29 is 9.59 Å². The highest BCUT2D eigenvalue weighted by atomic mass is 16.2. The van der Waals surface area contributed by atoms with E-state index in [1.54, 1.807) is 0 Å². The van der Waals surface area contributed by atoms with Crippen LogP contribution < -0.4 is 11.1 Å². The smallest absolute Gasteiger partial charge is 0.241 e. The van der Waals surface area contributed by atoms with E-state index in [0.717, 1.165) is 51.1 Å². The van der Waals surface area contributed by atoms with Gasteiger partial charge in [0.15, 0.2) is 0 Å². The first-order valence-corrected chi connectivity index (χ1v) is 8.39. The van der Waals surface area contributed by atoms with E-state index in [2.05, 4.69) is 12.2 Å². The fourth-order valence-electron chi connectivity index (χ4n) is 3.50. The molecule has 5 nitrogen and oxygen atoms in total. The lowest BCUT2D eigenvalue weighted by Gasteiger charge is -2.27. The summed E-state index contributed by atoms with van der Waals surface area (Å²) < 4.78 is 0. The second kappa shape index (κ2) is 7.78. The van der Waals surface area contributed by atoms with Crippen LogP contribution in [0.3, 0.4) is 0 Å². The van der Waals surface area contributed by atoms with Gasteiger partial charge >= 0.3 is 0 Å². The first kappa shape index (κ1) is 16.3. The molecule has 21 heavy (non-hydrogen) atoms. The molecule has 0 spiro atoms. The zero-order valence-corrected chi connectivity index (χ0v) is 13.1. The molecule has 0 aromatic heterocycles. The summed E-state index contributed by atoms with van der Waals surface area (Å²) in [5.41, 5.74) is 5.63. The normalized spacial score (nSPS) is 29.4. The van der Waals surface area contributed by atoms with E-state index >= 15 is 0 Å². The second-order valence-corrected chi connectivity index (χ2v) is 6.57. The first-order valence-electron chi connectivity index (χ1n) is 8.39. The Hall–Kier alpha value is -1.10. The SMILES string of the molecule is CCC1CCC(C(=O)NCC(=O)N2CC[C@@H](CN)C2)CC1. The third-order valence-corrected chi connectivity index (χ3v) is 5.18. The predicted octanol–water partition coefficient (Wildman–Crippen LogP) is 1.13. The molecule has 2 aliphatic rings. The number of likely N-dealkylation sites (tertiary alicyclic amines) is 1. The maximum absolute atomic E-state index is 12.1. The molecular formula is C16H29N3O2. The van der Waals surface area contributed by atoms with E-state index in [1.165, 1.54) is 6.42 Å². The van der Waals surface area contributed by atoms with E-state index in [9.17, 15) is 9.59 Å². The first-order chi connectivity index (χ1) is 10.1.